The maximum atomic E-state index is 5.89. The smallest absolute Gasteiger partial charge is 0.0399 e. The lowest BCUT2D eigenvalue weighted by Crippen LogP contribution is -2.38. The lowest BCUT2D eigenvalue weighted by Gasteiger charge is -2.34. The summed E-state index contributed by atoms with van der Waals surface area (Å²) >= 11 is 0. The summed E-state index contributed by atoms with van der Waals surface area (Å²) in [5.74, 6) is 0.827. The zero-order valence-electron chi connectivity index (χ0n) is 14.3. The normalized spacial score (nSPS) is 18.8. The van der Waals surface area contributed by atoms with Crippen LogP contribution in [-0.2, 0) is 13.0 Å². The highest BCUT2D eigenvalue weighted by atomic mass is 15.2. The zero-order valence-corrected chi connectivity index (χ0v) is 14.3. The van der Waals surface area contributed by atoms with Crippen molar-refractivity contribution in [2.24, 2.45) is 5.92 Å². The minimum Gasteiger partial charge on any atom is -0.399 e. The van der Waals surface area contributed by atoms with Gasteiger partial charge >= 0.3 is 0 Å². The molecular weight excluding hydrogens is 294 g/mol. The molecule has 126 valence electrons. The molecule has 2 aromatic rings. The largest absolute Gasteiger partial charge is 0.399 e. The standard InChI is InChI=1S/C21H27N3/c22-20-6-3-4-18(14-20)15-23-11-8-17(9-12-23)16-24-13-10-19-5-1-2-7-21(19)24/h1-7,14,17H,8-13,15-16,22H2. The summed E-state index contributed by atoms with van der Waals surface area (Å²) in [4.78, 5) is 5.18. The average Bonchev–Trinajstić information content (AvgIpc) is 3.00. The first-order valence-corrected chi connectivity index (χ1v) is 9.17. The average molecular weight is 321 g/mol. The second-order valence-electron chi connectivity index (χ2n) is 7.29. The lowest BCUT2D eigenvalue weighted by molar-refractivity contribution is 0.179. The monoisotopic (exact) mass is 321 g/mol. The van der Waals surface area contributed by atoms with Crippen LogP contribution in [0.15, 0.2) is 48.5 Å². The van der Waals surface area contributed by atoms with Crippen LogP contribution in [0, 0.1) is 5.92 Å². The Bertz CT molecular complexity index is 689. The maximum Gasteiger partial charge on any atom is 0.0399 e. The third kappa shape index (κ3) is 3.41. The van der Waals surface area contributed by atoms with E-state index in [1.165, 1.54) is 62.3 Å². The van der Waals surface area contributed by atoms with Crippen LogP contribution < -0.4 is 10.6 Å². The van der Waals surface area contributed by atoms with Crippen LogP contribution in [0.25, 0.3) is 0 Å². The van der Waals surface area contributed by atoms with Crippen LogP contribution in [0.2, 0.25) is 0 Å². The summed E-state index contributed by atoms with van der Waals surface area (Å²) in [6.45, 7) is 5.86. The second kappa shape index (κ2) is 6.86. The van der Waals surface area contributed by atoms with E-state index in [2.05, 4.69) is 52.3 Å². The first-order valence-electron chi connectivity index (χ1n) is 9.17. The molecule has 3 nitrogen and oxygen atoms in total. The quantitative estimate of drug-likeness (QED) is 0.874. The van der Waals surface area contributed by atoms with Crippen molar-refractivity contribution in [3.05, 3.63) is 59.7 Å². The van der Waals surface area contributed by atoms with Gasteiger partial charge in [-0.05, 0) is 67.6 Å². The van der Waals surface area contributed by atoms with E-state index >= 15 is 0 Å². The van der Waals surface area contributed by atoms with Crippen molar-refractivity contribution in [1.29, 1.82) is 0 Å². The summed E-state index contributed by atoms with van der Waals surface area (Å²) in [6, 6.07) is 17.2. The molecular formula is C21H27N3. The molecule has 2 aliphatic rings. The highest BCUT2D eigenvalue weighted by Gasteiger charge is 2.25. The lowest BCUT2D eigenvalue weighted by atomic mass is 9.95. The number of anilines is 2. The Balaban J connectivity index is 1.29. The van der Waals surface area contributed by atoms with Gasteiger partial charge in [-0.3, -0.25) is 4.90 Å². The van der Waals surface area contributed by atoms with Gasteiger partial charge in [0.1, 0.15) is 0 Å². The Kier molecular flexibility index (Phi) is 4.44. The van der Waals surface area contributed by atoms with E-state index in [1.54, 1.807) is 0 Å². The summed E-state index contributed by atoms with van der Waals surface area (Å²) in [6.07, 6.45) is 3.83. The Hall–Kier alpha value is -2.00. The molecule has 0 radical (unpaired) electrons. The van der Waals surface area contributed by atoms with Crippen LogP contribution in [0.5, 0.6) is 0 Å². The molecule has 2 heterocycles. The number of rotatable bonds is 4. The van der Waals surface area contributed by atoms with E-state index in [1.807, 2.05) is 6.07 Å². The van der Waals surface area contributed by atoms with Gasteiger partial charge in [-0.2, -0.15) is 0 Å². The van der Waals surface area contributed by atoms with Crippen molar-refractivity contribution < 1.29 is 0 Å². The predicted octanol–water partition coefficient (Wildman–Crippen LogP) is 3.54. The summed E-state index contributed by atoms with van der Waals surface area (Å²) < 4.78 is 0. The number of benzene rings is 2. The number of para-hydroxylation sites is 1. The van der Waals surface area contributed by atoms with Crippen molar-refractivity contribution in [1.82, 2.24) is 4.90 Å². The summed E-state index contributed by atoms with van der Waals surface area (Å²) in [5.41, 5.74) is 11.1. The fraction of sp³-hybridized carbons (Fsp3) is 0.429. The Morgan fingerprint density at radius 3 is 2.62 bits per heavy atom. The van der Waals surface area contributed by atoms with Gasteiger partial charge in [0.2, 0.25) is 0 Å². The number of nitrogens with zero attached hydrogens (tertiary/aromatic N) is 2. The van der Waals surface area contributed by atoms with Crippen molar-refractivity contribution in [2.75, 3.05) is 36.8 Å². The number of fused-ring (bicyclic) bond motifs is 1. The highest BCUT2D eigenvalue weighted by molar-refractivity contribution is 5.57. The molecule has 0 amide bonds. The summed E-state index contributed by atoms with van der Waals surface area (Å²) in [7, 11) is 0. The molecule has 4 rings (SSSR count). The number of hydrogen-bond donors (Lipinski definition) is 1. The molecule has 0 aromatic heterocycles. The Morgan fingerprint density at radius 1 is 0.958 bits per heavy atom. The van der Waals surface area contributed by atoms with Crippen molar-refractivity contribution in [3.8, 4) is 0 Å². The fourth-order valence-electron chi connectivity index (χ4n) is 4.18. The van der Waals surface area contributed by atoms with E-state index in [9.17, 15) is 0 Å². The molecule has 0 atom stereocenters. The number of nitrogens with two attached hydrogens (primary N) is 1. The molecule has 2 N–H and O–H groups in total. The van der Waals surface area contributed by atoms with Gasteiger partial charge in [-0.15, -0.1) is 0 Å². The Labute approximate surface area is 145 Å². The predicted molar refractivity (Wildman–Crippen MR) is 101 cm³/mol. The molecule has 3 heteroatoms. The second-order valence-corrected chi connectivity index (χ2v) is 7.29. The van der Waals surface area contributed by atoms with Crippen molar-refractivity contribution in [3.63, 3.8) is 0 Å². The van der Waals surface area contributed by atoms with E-state index in [0.717, 1.165) is 18.2 Å². The molecule has 0 unspecified atom stereocenters. The first-order chi connectivity index (χ1) is 11.8. The van der Waals surface area contributed by atoms with Gasteiger partial charge in [0.05, 0.1) is 0 Å². The van der Waals surface area contributed by atoms with Gasteiger partial charge in [-0.25, -0.2) is 0 Å². The molecule has 0 saturated carbocycles. The van der Waals surface area contributed by atoms with Gasteiger partial charge < -0.3 is 10.6 Å². The molecule has 0 spiro atoms. The van der Waals surface area contributed by atoms with Crippen LogP contribution in [0.3, 0.4) is 0 Å². The highest BCUT2D eigenvalue weighted by Crippen LogP contribution is 2.30. The van der Waals surface area contributed by atoms with E-state index in [-0.39, 0.29) is 0 Å². The maximum absolute atomic E-state index is 5.89. The Morgan fingerprint density at radius 2 is 1.79 bits per heavy atom. The first kappa shape index (κ1) is 15.5. The number of nitrogen functional groups attached to an aromatic ring is 1. The SMILES string of the molecule is Nc1cccc(CN2CCC(CN3CCc4ccccc43)CC2)c1. The molecule has 0 bridgehead atoms. The summed E-state index contributed by atoms with van der Waals surface area (Å²) in [5, 5.41) is 0. The molecule has 0 aliphatic carbocycles. The van der Waals surface area contributed by atoms with Crippen LogP contribution in [0.1, 0.15) is 24.0 Å². The topological polar surface area (TPSA) is 32.5 Å². The molecule has 1 fully saturated rings. The fourth-order valence-corrected chi connectivity index (χ4v) is 4.18. The molecule has 1 saturated heterocycles. The minimum atomic E-state index is 0.827. The molecule has 24 heavy (non-hydrogen) atoms. The third-order valence-electron chi connectivity index (χ3n) is 5.53. The van der Waals surface area contributed by atoms with Gasteiger partial charge in [0, 0.05) is 31.0 Å². The van der Waals surface area contributed by atoms with Gasteiger partial charge in [0.25, 0.3) is 0 Å². The van der Waals surface area contributed by atoms with Crippen LogP contribution >= 0.6 is 0 Å². The third-order valence-corrected chi connectivity index (χ3v) is 5.53. The van der Waals surface area contributed by atoms with Gasteiger partial charge in [0.15, 0.2) is 0 Å². The van der Waals surface area contributed by atoms with E-state index in [4.69, 9.17) is 5.73 Å². The minimum absolute atomic E-state index is 0.827. The van der Waals surface area contributed by atoms with E-state index < -0.39 is 0 Å². The van der Waals surface area contributed by atoms with Crippen molar-refractivity contribution in [2.45, 2.75) is 25.8 Å². The molecule has 2 aromatic carbocycles. The molecule has 2 aliphatic heterocycles. The van der Waals surface area contributed by atoms with Crippen LogP contribution in [-0.4, -0.2) is 31.1 Å². The number of hydrogen-bond acceptors (Lipinski definition) is 3. The zero-order chi connectivity index (χ0) is 16.4. The van der Waals surface area contributed by atoms with Gasteiger partial charge in [-0.1, -0.05) is 30.3 Å². The van der Waals surface area contributed by atoms with Crippen molar-refractivity contribution >= 4 is 11.4 Å². The number of piperidine rings is 1. The van der Waals surface area contributed by atoms with Crippen LogP contribution in [0.4, 0.5) is 11.4 Å². The number of likely N-dealkylation sites (tertiary alicyclic amines) is 1. The van der Waals surface area contributed by atoms with E-state index in [0.29, 0.717) is 0 Å².